The van der Waals surface area contributed by atoms with Crippen molar-refractivity contribution in [2.45, 2.75) is 64.0 Å². The molecule has 0 aromatic rings. The maximum absolute atomic E-state index is 12.6. The van der Waals surface area contributed by atoms with Crippen LogP contribution in [-0.2, 0) is 14.3 Å². The van der Waals surface area contributed by atoms with Crippen LogP contribution in [0.1, 0.15) is 52.4 Å². The Labute approximate surface area is 141 Å². The van der Waals surface area contributed by atoms with Gasteiger partial charge in [0.1, 0.15) is 0 Å². The second-order valence-corrected chi connectivity index (χ2v) is 8.22. The van der Waals surface area contributed by atoms with Crippen molar-refractivity contribution >= 4 is 17.9 Å². The van der Waals surface area contributed by atoms with Gasteiger partial charge in [0.25, 0.3) is 5.91 Å². The Morgan fingerprint density at radius 1 is 1.17 bits per heavy atom. The Morgan fingerprint density at radius 3 is 2.33 bits per heavy atom. The quantitative estimate of drug-likeness (QED) is 0.666. The summed E-state index contributed by atoms with van der Waals surface area (Å²) in [5, 5.41) is 15.3. The van der Waals surface area contributed by atoms with Gasteiger partial charge in [0.2, 0.25) is 0 Å². The van der Waals surface area contributed by atoms with E-state index in [1.165, 1.54) is 0 Å². The molecular weight excluding hydrogens is 312 g/mol. The van der Waals surface area contributed by atoms with Crippen molar-refractivity contribution < 1.29 is 24.2 Å². The van der Waals surface area contributed by atoms with Crippen molar-refractivity contribution in [3.05, 3.63) is 0 Å². The number of carbonyl (C=O) groups is 3. The Hall–Kier alpha value is -1.63. The van der Waals surface area contributed by atoms with Gasteiger partial charge < -0.3 is 15.2 Å². The summed E-state index contributed by atoms with van der Waals surface area (Å²) >= 11 is 0. The predicted octanol–water partition coefficient (Wildman–Crippen LogP) is 1.10. The molecule has 0 heterocycles. The molecule has 24 heavy (non-hydrogen) atoms. The lowest BCUT2D eigenvalue weighted by Gasteiger charge is -2.58. The molecule has 7 heteroatoms. The monoisotopic (exact) mass is 338 g/mol. The summed E-state index contributed by atoms with van der Waals surface area (Å²) in [6.45, 7) is 3.09. The summed E-state index contributed by atoms with van der Waals surface area (Å²) in [5.74, 6) is -0.316. The molecule has 0 aliphatic heterocycles. The smallest absolute Gasteiger partial charge is 0.321 e. The van der Waals surface area contributed by atoms with Gasteiger partial charge >= 0.3 is 12.0 Å². The SMILES string of the molecule is CC(C)NC(=O)NC(=O)COC(=O)C12C[C@@H]3C[C@H](CC(O)(C3)C1)C2. The Morgan fingerprint density at radius 2 is 1.79 bits per heavy atom. The number of imide groups is 1. The van der Waals surface area contributed by atoms with Gasteiger partial charge in [0.15, 0.2) is 6.61 Å². The van der Waals surface area contributed by atoms with Gasteiger partial charge in [-0.3, -0.25) is 14.9 Å². The minimum atomic E-state index is -0.748. The maximum atomic E-state index is 12.6. The van der Waals surface area contributed by atoms with E-state index in [1.54, 1.807) is 13.8 Å². The van der Waals surface area contributed by atoms with E-state index in [0.29, 0.717) is 18.3 Å². The van der Waals surface area contributed by atoms with Gasteiger partial charge in [0, 0.05) is 6.04 Å². The van der Waals surface area contributed by atoms with Crippen molar-refractivity contribution in [2.75, 3.05) is 6.61 Å². The second-order valence-electron chi connectivity index (χ2n) is 8.22. The van der Waals surface area contributed by atoms with E-state index in [0.717, 1.165) is 32.1 Å². The van der Waals surface area contributed by atoms with Gasteiger partial charge in [-0.2, -0.15) is 0 Å². The van der Waals surface area contributed by atoms with Gasteiger partial charge in [-0.15, -0.1) is 0 Å². The second kappa shape index (κ2) is 6.02. The third kappa shape index (κ3) is 3.41. The lowest BCUT2D eigenvalue weighted by atomic mass is 9.48. The lowest BCUT2D eigenvalue weighted by Crippen LogP contribution is -2.58. The molecule has 4 rings (SSSR count). The van der Waals surface area contributed by atoms with Crippen molar-refractivity contribution in [3.8, 4) is 0 Å². The van der Waals surface area contributed by atoms with E-state index in [4.69, 9.17) is 4.74 Å². The molecule has 0 aromatic carbocycles. The van der Waals surface area contributed by atoms with E-state index >= 15 is 0 Å². The Kier molecular flexibility index (Phi) is 4.32. The molecule has 4 saturated carbocycles. The first-order valence-corrected chi connectivity index (χ1v) is 8.70. The zero-order valence-corrected chi connectivity index (χ0v) is 14.3. The Bertz CT molecular complexity index is 545. The minimum Gasteiger partial charge on any atom is -0.455 e. The fourth-order valence-corrected chi connectivity index (χ4v) is 5.20. The number of hydrogen-bond acceptors (Lipinski definition) is 5. The summed E-state index contributed by atoms with van der Waals surface area (Å²) in [7, 11) is 0. The van der Waals surface area contributed by atoms with Gasteiger partial charge in [-0.1, -0.05) is 0 Å². The molecule has 4 aliphatic rings. The molecule has 0 saturated heterocycles. The molecule has 3 amide bonds. The van der Waals surface area contributed by atoms with E-state index < -0.39 is 35.5 Å². The largest absolute Gasteiger partial charge is 0.455 e. The van der Waals surface area contributed by atoms with Crippen molar-refractivity contribution in [2.24, 2.45) is 17.3 Å². The van der Waals surface area contributed by atoms with Crippen LogP contribution in [0.5, 0.6) is 0 Å². The van der Waals surface area contributed by atoms with Crippen molar-refractivity contribution in [1.29, 1.82) is 0 Å². The average Bonchev–Trinajstić information content (AvgIpc) is 2.40. The van der Waals surface area contributed by atoms with Gasteiger partial charge in [0.05, 0.1) is 11.0 Å². The zero-order valence-electron chi connectivity index (χ0n) is 14.3. The standard InChI is InChI=1S/C17H26N2O5/c1-10(2)18-15(22)19-13(20)8-24-14(21)16-4-11-3-12(5-16)7-17(23,6-11)9-16/h10-12,23H,3-9H2,1-2H3,(H2,18,19,20,22)/t11-,12-,16?,17?/m0/s1. The van der Waals surface area contributed by atoms with Crippen LogP contribution in [0, 0.1) is 17.3 Å². The molecule has 0 aromatic heterocycles. The summed E-state index contributed by atoms with van der Waals surface area (Å²) in [6, 6.07) is -0.691. The van der Waals surface area contributed by atoms with Crippen LogP contribution in [0.15, 0.2) is 0 Å². The summed E-state index contributed by atoms with van der Waals surface area (Å²) in [4.78, 5) is 35.8. The van der Waals surface area contributed by atoms with Crippen LogP contribution in [0.2, 0.25) is 0 Å². The highest BCUT2D eigenvalue weighted by atomic mass is 16.5. The molecule has 134 valence electrons. The number of amides is 3. The third-order valence-electron chi connectivity index (χ3n) is 5.47. The number of aliphatic hydroxyl groups is 1. The fourth-order valence-electron chi connectivity index (χ4n) is 5.20. The zero-order chi connectivity index (χ0) is 17.5. The number of nitrogens with one attached hydrogen (secondary N) is 2. The first-order chi connectivity index (χ1) is 11.2. The summed E-state index contributed by atoms with van der Waals surface area (Å²) in [5.41, 5.74) is -1.40. The van der Waals surface area contributed by atoms with Crippen LogP contribution in [-0.4, -0.2) is 41.3 Å². The lowest BCUT2D eigenvalue weighted by molar-refractivity contribution is -0.196. The predicted molar refractivity (Wildman–Crippen MR) is 84.8 cm³/mol. The van der Waals surface area contributed by atoms with E-state index in [-0.39, 0.29) is 6.04 Å². The van der Waals surface area contributed by atoms with Gasteiger partial charge in [-0.25, -0.2) is 4.79 Å². The molecule has 4 fully saturated rings. The molecule has 2 atom stereocenters. The van der Waals surface area contributed by atoms with E-state index in [2.05, 4.69) is 10.6 Å². The van der Waals surface area contributed by atoms with Crippen LogP contribution in [0.3, 0.4) is 0 Å². The normalized spacial score (nSPS) is 36.5. The molecular formula is C17H26N2O5. The molecule has 0 radical (unpaired) electrons. The molecule has 4 bridgehead atoms. The third-order valence-corrected chi connectivity index (χ3v) is 5.47. The highest BCUT2D eigenvalue weighted by Crippen LogP contribution is 2.61. The van der Waals surface area contributed by atoms with Crippen LogP contribution < -0.4 is 10.6 Å². The molecule has 3 N–H and O–H groups in total. The fraction of sp³-hybridized carbons (Fsp3) is 0.824. The van der Waals surface area contributed by atoms with Gasteiger partial charge in [-0.05, 0) is 64.2 Å². The van der Waals surface area contributed by atoms with Crippen molar-refractivity contribution in [3.63, 3.8) is 0 Å². The number of ether oxygens (including phenoxy) is 1. The van der Waals surface area contributed by atoms with Crippen LogP contribution in [0.25, 0.3) is 0 Å². The number of urea groups is 1. The Balaban J connectivity index is 1.54. The van der Waals surface area contributed by atoms with Crippen LogP contribution in [0.4, 0.5) is 4.79 Å². The number of hydrogen-bond donors (Lipinski definition) is 3. The highest BCUT2D eigenvalue weighted by molar-refractivity contribution is 5.95. The first-order valence-electron chi connectivity index (χ1n) is 8.70. The van der Waals surface area contributed by atoms with Crippen molar-refractivity contribution in [1.82, 2.24) is 10.6 Å². The summed E-state index contributed by atoms with van der Waals surface area (Å²) in [6.07, 6.45) is 4.53. The number of rotatable bonds is 4. The topological polar surface area (TPSA) is 105 Å². The van der Waals surface area contributed by atoms with Crippen LogP contribution >= 0.6 is 0 Å². The molecule has 4 aliphatic carbocycles. The minimum absolute atomic E-state index is 0.0897. The molecule has 0 spiro atoms. The summed E-state index contributed by atoms with van der Waals surface area (Å²) < 4.78 is 5.20. The molecule has 0 unspecified atom stereocenters. The highest BCUT2D eigenvalue weighted by Gasteiger charge is 2.60. The van der Waals surface area contributed by atoms with E-state index in [9.17, 15) is 19.5 Å². The first kappa shape index (κ1) is 17.2. The average molecular weight is 338 g/mol. The molecule has 7 nitrogen and oxygen atoms in total. The number of carbonyl (C=O) groups excluding carboxylic acids is 3. The maximum Gasteiger partial charge on any atom is 0.321 e. The number of esters is 1. The van der Waals surface area contributed by atoms with E-state index in [1.807, 2.05) is 0 Å².